The normalized spacial score (nSPS) is 19.9. The Morgan fingerprint density at radius 2 is 1.89 bits per heavy atom. The van der Waals surface area contributed by atoms with Crippen LogP contribution in [0, 0.1) is 6.92 Å². The quantitative estimate of drug-likeness (QED) is 0.835. The molecule has 1 saturated heterocycles. The molecule has 18 heavy (non-hydrogen) atoms. The summed E-state index contributed by atoms with van der Waals surface area (Å²) in [6.45, 7) is 2.06. The molecule has 0 bridgehead atoms. The van der Waals surface area contributed by atoms with Crippen LogP contribution in [0.3, 0.4) is 0 Å². The molecule has 0 aliphatic carbocycles. The first-order valence-electron chi connectivity index (χ1n) is 5.64. The highest BCUT2D eigenvalue weighted by atomic mass is 19.4. The summed E-state index contributed by atoms with van der Waals surface area (Å²) in [6, 6.07) is 1.72. The van der Waals surface area contributed by atoms with Crippen LogP contribution in [0.1, 0.15) is 18.5 Å². The van der Waals surface area contributed by atoms with Gasteiger partial charge in [-0.1, -0.05) is 0 Å². The summed E-state index contributed by atoms with van der Waals surface area (Å²) in [5.41, 5.74) is -1.80. The summed E-state index contributed by atoms with van der Waals surface area (Å²) in [5, 5.41) is 9.54. The minimum absolute atomic E-state index is 0.131. The minimum atomic E-state index is -4.57. The van der Waals surface area contributed by atoms with E-state index < -0.39 is 11.8 Å². The monoisotopic (exact) mass is 261 g/mol. The number of aromatic nitrogens is 2. The smallest absolute Gasteiger partial charge is 0.380 e. The largest absolute Gasteiger partial charge is 0.417 e. The average Bonchev–Trinajstić information content (AvgIpc) is 2.28. The van der Waals surface area contributed by atoms with Crippen LogP contribution in [0.2, 0.25) is 0 Å². The molecule has 0 spiro atoms. The van der Waals surface area contributed by atoms with Crippen LogP contribution >= 0.6 is 0 Å². The average molecular weight is 261 g/mol. The zero-order chi connectivity index (χ0) is 13.4. The van der Waals surface area contributed by atoms with Gasteiger partial charge in [0, 0.05) is 37.7 Å². The lowest BCUT2D eigenvalue weighted by molar-refractivity contribution is -0.266. The van der Waals surface area contributed by atoms with Crippen molar-refractivity contribution < 1.29 is 18.3 Å². The van der Waals surface area contributed by atoms with E-state index in [-0.39, 0.29) is 25.9 Å². The topological polar surface area (TPSA) is 49.2 Å². The lowest BCUT2D eigenvalue weighted by Crippen LogP contribution is -2.53. The zero-order valence-corrected chi connectivity index (χ0v) is 9.91. The second kappa shape index (κ2) is 4.38. The first-order chi connectivity index (χ1) is 8.32. The highest BCUT2D eigenvalue weighted by Crippen LogP contribution is 2.38. The fourth-order valence-electron chi connectivity index (χ4n) is 2.00. The molecule has 0 saturated carbocycles. The van der Waals surface area contributed by atoms with Gasteiger partial charge in [0.05, 0.1) is 0 Å². The van der Waals surface area contributed by atoms with Crippen LogP contribution in [-0.2, 0) is 0 Å². The molecule has 1 N–H and O–H groups in total. The third-order valence-electron chi connectivity index (χ3n) is 3.23. The molecule has 7 heteroatoms. The molecule has 2 rings (SSSR count). The highest BCUT2D eigenvalue weighted by molar-refractivity contribution is 5.39. The van der Waals surface area contributed by atoms with E-state index in [4.69, 9.17) is 0 Å². The van der Waals surface area contributed by atoms with Gasteiger partial charge in [0.25, 0.3) is 0 Å². The Morgan fingerprint density at radius 3 is 2.39 bits per heavy atom. The SMILES string of the molecule is Cc1cc(N2CCC(O)(C(F)(F)F)CC2)ncn1. The van der Waals surface area contributed by atoms with Gasteiger partial charge in [-0.15, -0.1) is 0 Å². The number of aliphatic hydroxyl groups is 1. The second-order valence-electron chi connectivity index (χ2n) is 4.53. The summed E-state index contributed by atoms with van der Waals surface area (Å²) in [7, 11) is 0. The lowest BCUT2D eigenvalue weighted by Gasteiger charge is -2.39. The molecule has 0 atom stereocenters. The summed E-state index contributed by atoms with van der Waals surface area (Å²) in [5.74, 6) is 0.603. The molecule has 0 amide bonds. The van der Waals surface area contributed by atoms with Crippen LogP contribution in [-0.4, -0.2) is 39.9 Å². The molecule has 4 nitrogen and oxygen atoms in total. The van der Waals surface area contributed by atoms with E-state index in [1.165, 1.54) is 6.33 Å². The number of anilines is 1. The van der Waals surface area contributed by atoms with Crippen LogP contribution in [0.5, 0.6) is 0 Å². The number of rotatable bonds is 1. The van der Waals surface area contributed by atoms with Crippen molar-refractivity contribution in [1.82, 2.24) is 9.97 Å². The number of hydrogen-bond donors (Lipinski definition) is 1. The Balaban J connectivity index is 2.07. The molecule has 1 aliphatic rings. The Hall–Kier alpha value is -1.37. The lowest BCUT2D eigenvalue weighted by atomic mass is 9.91. The van der Waals surface area contributed by atoms with Crippen LogP contribution in [0.25, 0.3) is 0 Å². The summed E-state index contributed by atoms with van der Waals surface area (Å²) >= 11 is 0. The van der Waals surface area contributed by atoms with Gasteiger partial charge in [0.2, 0.25) is 0 Å². The summed E-state index contributed by atoms with van der Waals surface area (Å²) in [4.78, 5) is 9.69. The fourth-order valence-corrected chi connectivity index (χ4v) is 2.00. The third kappa shape index (κ3) is 2.40. The maximum Gasteiger partial charge on any atom is 0.417 e. The molecule has 2 heterocycles. The van der Waals surface area contributed by atoms with Gasteiger partial charge in [0.1, 0.15) is 12.1 Å². The predicted molar refractivity (Wildman–Crippen MR) is 59.2 cm³/mol. The first-order valence-corrected chi connectivity index (χ1v) is 5.64. The van der Waals surface area contributed by atoms with E-state index in [1.54, 1.807) is 17.9 Å². The van der Waals surface area contributed by atoms with Crippen molar-refractivity contribution >= 4 is 5.82 Å². The summed E-state index contributed by atoms with van der Waals surface area (Å²) in [6.07, 6.45) is -3.85. The van der Waals surface area contributed by atoms with Crippen molar-refractivity contribution in [3.05, 3.63) is 18.1 Å². The molecule has 1 aliphatic heterocycles. The Labute approximate surface area is 102 Å². The number of aryl methyl sites for hydroxylation is 1. The van der Waals surface area contributed by atoms with E-state index in [0.29, 0.717) is 5.82 Å². The molecule has 0 unspecified atom stereocenters. The van der Waals surface area contributed by atoms with Crippen molar-refractivity contribution in [2.45, 2.75) is 31.5 Å². The van der Waals surface area contributed by atoms with E-state index in [9.17, 15) is 18.3 Å². The number of halogens is 3. The molecule has 0 radical (unpaired) electrons. The van der Waals surface area contributed by atoms with Crippen LogP contribution < -0.4 is 4.90 Å². The fraction of sp³-hybridized carbons (Fsp3) is 0.636. The van der Waals surface area contributed by atoms with Gasteiger partial charge < -0.3 is 10.0 Å². The molecule has 1 fully saturated rings. The van der Waals surface area contributed by atoms with Gasteiger partial charge >= 0.3 is 6.18 Å². The molecule has 1 aromatic heterocycles. The van der Waals surface area contributed by atoms with E-state index in [2.05, 4.69) is 9.97 Å². The standard InChI is InChI=1S/C11H14F3N3O/c1-8-6-9(16-7-15-8)17-4-2-10(18,3-5-17)11(12,13)14/h6-7,18H,2-5H2,1H3. The Morgan fingerprint density at radius 1 is 1.28 bits per heavy atom. The van der Waals surface area contributed by atoms with Gasteiger partial charge in [-0.3, -0.25) is 0 Å². The number of piperidine rings is 1. The number of alkyl halides is 3. The summed E-state index contributed by atoms with van der Waals surface area (Å²) < 4.78 is 37.9. The van der Waals surface area contributed by atoms with Crippen molar-refractivity contribution in [2.75, 3.05) is 18.0 Å². The van der Waals surface area contributed by atoms with Crippen LogP contribution in [0.15, 0.2) is 12.4 Å². The molecular weight excluding hydrogens is 247 g/mol. The van der Waals surface area contributed by atoms with Gasteiger partial charge in [-0.25, -0.2) is 9.97 Å². The van der Waals surface area contributed by atoms with E-state index >= 15 is 0 Å². The van der Waals surface area contributed by atoms with Crippen molar-refractivity contribution in [3.8, 4) is 0 Å². The second-order valence-corrected chi connectivity index (χ2v) is 4.53. The minimum Gasteiger partial charge on any atom is -0.380 e. The van der Waals surface area contributed by atoms with Gasteiger partial charge in [-0.2, -0.15) is 13.2 Å². The van der Waals surface area contributed by atoms with E-state index in [1.807, 2.05) is 0 Å². The van der Waals surface area contributed by atoms with Crippen molar-refractivity contribution in [2.24, 2.45) is 0 Å². The zero-order valence-electron chi connectivity index (χ0n) is 9.91. The van der Waals surface area contributed by atoms with Crippen molar-refractivity contribution in [3.63, 3.8) is 0 Å². The van der Waals surface area contributed by atoms with E-state index in [0.717, 1.165) is 5.69 Å². The van der Waals surface area contributed by atoms with Gasteiger partial charge in [-0.05, 0) is 6.92 Å². The highest BCUT2D eigenvalue weighted by Gasteiger charge is 2.54. The van der Waals surface area contributed by atoms with Crippen molar-refractivity contribution in [1.29, 1.82) is 0 Å². The maximum atomic E-state index is 12.6. The van der Waals surface area contributed by atoms with Gasteiger partial charge in [0.15, 0.2) is 5.60 Å². The Kier molecular flexibility index (Phi) is 3.18. The first kappa shape index (κ1) is 13.1. The third-order valence-corrected chi connectivity index (χ3v) is 3.23. The maximum absolute atomic E-state index is 12.6. The molecular formula is C11H14F3N3O. The Bertz CT molecular complexity index is 428. The van der Waals surface area contributed by atoms with Crippen LogP contribution in [0.4, 0.5) is 19.0 Å². The molecule has 100 valence electrons. The molecule has 1 aromatic rings. The number of hydrogen-bond acceptors (Lipinski definition) is 4. The molecule has 0 aromatic carbocycles. The predicted octanol–water partition coefficient (Wildman–Crippen LogP) is 1.68. The number of nitrogens with zero attached hydrogens (tertiary/aromatic N) is 3.